The molecule has 3 aromatic carbocycles. The molecule has 1 amide bonds. The average Bonchev–Trinajstić information content (AvgIpc) is 3.26. The molecule has 0 bridgehead atoms. The van der Waals surface area contributed by atoms with Gasteiger partial charge >= 0.3 is 0 Å². The highest BCUT2D eigenvalue weighted by Crippen LogP contribution is 2.34. The monoisotopic (exact) mass is 483 g/mol. The van der Waals surface area contributed by atoms with Crippen LogP contribution in [0.25, 0.3) is 17.4 Å². The lowest BCUT2D eigenvalue weighted by Gasteiger charge is -2.07. The van der Waals surface area contributed by atoms with Crippen molar-refractivity contribution in [1.29, 1.82) is 0 Å². The Hall–Kier alpha value is -3.18. The smallest absolute Gasteiger partial charge is 0.248 e. The van der Waals surface area contributed by atoms with E-state index in [4.69, 9.17) is 44.0 Å². The van der Waals surface area contributed by atoms with Gasteiger partial charge in [0.1, 0.15) is 23.0 Å². The average molecular weight is 485 g/mol. The first kappa shape index (κ1) is 22.0. The maximum Gasteiger partial charge on any atom is 0.248 e. The third-order valence-electron chi connectivity index (χ3n) is 4.41. The van der Waals surface area contributed by atoms with E-state index >= 15 is 0 Å². The van der Waals surface area contributed by atoms with Crippen molar-refractivity contribution in [3.8, 4) is 22.8 Å². The summed E-state index contributed by atoms with van der Waals surface area (Å²) < 4.78 is 11.5. The van der Waals surface area contributed by atoms with E-state index < -0.39 is 0 Å². The van der Waals surface area contributed by atoms with Crippen molar-refractivity contribution >= 4 is 52.5 Å². The maximum atomic E-state index is 12.2. The largest absolute Gasteiger partial charge is 0.457 e. The highest BCUT2D eigenvalue weighted by molar-refractivity contribution is 6.43. The Morgan fingerprint density at radius 2 is 1.53 bits per heavy atom. The fourth-order valence-corrected chi connectivity index (χ4v) is 3.39. The number of hydrogen-bond donors (Lipinski definition) is 1. The summed E-state index contributed by atoms with van der Waals surface area (Å²) in [6.07, 6.45) is 2.97. The first-order chi connectivity index (χ1) is 15.5. The van der Waals surface area contributed by atoms with Crippen LogP contribution in [0, 0.1) is 0 Å². The molecule has 0 unspecified atom stereocenters. The van der Waals surface area contributed by atoms with E-state index in [1.807, 2.05) is 6.07 Å². The molecule has 0 fully saturated rings. The van der Waals surface area contributed by atoms with Crippen molar-refractivity contribution in [1.82, 2.24) is 0 Å². The highest BCUT2D eigenvalue weighted by atomic mass is 35.5. The summed E-state index contributed by atoms with van der Waals surface area (Å²) in [5, 5.41) is 4.29. The van der Waals surface area contributed by atoms with Gasteiger partial charge in [-0.3, -0.25) is 4.79 Å². The van der Waals surface area contributed by atoms with Crippen LogP contribution >= 0.6 is 34.8 Å². The predicted octanol–water partition coefficient (Wildman–Crippen LogP) is 8.35. The molecule has 0 saturated carbocycles. The van der Waals surface area contributed by atoms with E-state index in [0.717, 1.165) is 0 Å². The van der Waals surface area contributed by atoms with Crippen LogP contribution < -0.4 is 10.1 Å². The number of amides is 1. The number of furan rings is 1. The second kappa shape index (κ2) is 9.96. The predicted molar refractivity (Wildman–Crippen MR) is 130 cm³/mol. The number of nitrogens with one attached hydrogen (secondary N) is 1. The second-order valence-electron chi connectivity index (χ2n) is 6.71. The van der Waals surface area contributed by atoms with Gasteiger partial charge in [0.15, 0.2) is 0 Å². The number of halogens is 3. The number of hydrogen-bond acceptors (Lipinski definition) is 3. The molecular weight excluding hydrogens is 469 g/mol. The molecule has 1 aromatic heterocycles. The minimum absolute atomic E-state index is 0.296. The number of carbonyl (C=O) groups excluding carboxylic acids is 1. The lowest BCUT2D eigenvalue weighted by molar-refractivity contribution is -0.111. The molecule has 0 saturated heterocycles. The molecule has 1 heterocycles. The van der Waals surface area contributed by atoms with Crippen molar-refractivity contribution in [2.45, 2.75) is 0 Å². The minimum Gasteiger partial charge on any atom is -0.457 e. The number of anilines is 1. The molecule has 4 aromatic rings. The molecular formula is C25H16Cl3NO3. The van der Waals surface area contributed by atoms with Crippen LogP contribution in [0.2, 0.25) is 15.1 Å². The van der Waals surface area contributed by atoms with E-state index in [1.165, 1.54) is 6.08 Å². The summed E-state index contributed by atoms with van der Waals surface area (Å²) in [4.78, 5) is 12.2. The van der Waals surface area contributed by atoms with Gasteiger partial charge in [0.25, 0.3) is 0 Å². The minimum atomic E-state index is -0.296. The van der Waals surface area contributed by atoms with Gasteiger partial charge in [-0.2, -0.15) is 0 Å². The molecule has 0 aliphatic rings. The lowest BCUT2D eigenvalue weighted by Crippen LogP contribution is -2.07. The van der Waals surface area contributed by atoms with Crippen LogP contribution in [0.1, 0.15) is 5.76 Å². The van der Waals surface area contributed by atoms with E-state index in [-0.39, 0.29) is 5.91 Å². The Labute approximate surface area is 200 Å². The number of ether oxygens (including phenoxy) is 1. The topological polar surface area (TPSA) is 51.5 Å². The highest BCUT2D eigenvalue weighted by Gasteiger charge is 2.10. The first-order valence-electron chi connectivity index (χ1n) is 9.55. The molecule has 0 spiro atoms. The van der Waals surface area contributed by atoms with Crippen molar-refractivity contribution in [3.63, 3.8) is 0 Å². The quantitative estimate of drug-likeness (QED) is 0.280. The van der Waals surface area contributed by atoms with Gasteiger partial charge in [-0.05, 0) is 78.9 Å². The summed E-state index contributed by atoms with van der Waals surface area (Å²) in [5.41, 5.74) is 1.32. The standard InChI is InChI=1S/C25H16Cl3NO3/c26-16-4-8-18(9-5-16)31-19-10-6-17(7-11-19)29-24(30)15-13-20-12-14-23(32-20)21-2-1-3-22(27)25(21)28/h1-15H,(H,29,30). The van der Waals surface area contributed by atoms with Crippen molar-refractivity contribution in [3.05, 3.63) is 106 Å². The summed E-state index contributed by atoms with van der Waals surface area (Å²) >= 11 is 18.2. The first-order valence-corrected chi connectivity index (χ1v) is 10.7. The van der Waals surface area contributed by atoms with E-state index in [2.05, 4.69) is 5.32 Å². The van der Waals surface area contributed by atoms with Gasteiger partial charge in [-0.15, -0.1) is 0 Å². The van der Waals surface area contributed by atoms with Crippen molar-refractivity contribution in [2.24, 2.45) is 0 Å². The zero-order valence-corrected chi connectivity index (χ0v) is 18.8. The molecule has 0 atom stereocenters. The Bertz CT molecular complexity index is 1260. The van der Waals surface area contributed by atoms with Crippen LogP contribution in [0.4, 0.5) is 5.69 Å². The SMILES string of the molecule is O=C(C=Cc1ccc(-c2cccc(Cl)c2Cl)o1)Nc1ccc(Oc2ccc(Cl)cc2)cc1. The number of carbonyl (C=O) groups is 1. The third-order valence-corrected chi connectivity index (χ3v) is 5.48. The van der Waals surface area contributed by atoms with Gasteiger partial charge in [0, 0.05) is 22.3 Å². The third kappa shape index (κ3) is 5.54. The van der Waals surface area contributed by atoms with Gasteiger partial charge in [-0.1, -0.05) is 40.9 Å². The van der Waals surface area contributed by atoms with Gasteiger partial charge < -0.3 is 14.5 Å². The molecule has 0 aliphatic carbocycles. The summed E-state index contributed by atoms with van der Waals surface area (Å²) in [7, 11) is 0. The zero-order valence-electron chi connectivity index (χ0n) is 16.5. The zero-order chi connectivity index (χ0) is 22.5. The number of benzene rings is 3. The van der Waals surface area contributed by atoms with E-state index in [1.54, 1.807) is 78.9 Å². The fraction of sp³-hybridized carbons (Fsp3) is 0. The number of rotatable bonds is 6. The van der Waals surface area contributed by atoms with Gasteiger partial charge in [0.2, 0.25) is 5.91 Å². The molecule has 0 aliphatic heterocycles. The lowest BCUT2D eigenvalue weighted by atomic mass is 10.2. The van der Waals surface area contributed by atoms with E-state index in [9.17, 15) is 4.79 Å². The van der Waals surface area contributed by atoms with Gasteiger partial charge in [0.05, 0.1) is 10.0 Å². The molecule has 0 radical (unpaired) electrons. The molecule has 4 rings (SSSR count). The van der Waals surface area contributed by atoms with Crippen LogP contribution in [0.5, 0.6) is 11.5 Å². The summed E-state index contributed by atoms with van der Waals surface area (Å²) in [5.74, 6) is 2.09. The Kier molecular flexibility index (Phi) is 6.86. The summed E-state index contributed by atoms with van der Waals surface area (Å²) in [6.45, 7) is 0. The van der Waals surface area contributed by atoms with Crippen LogP contribution in [-0.2, 0) is 4.79 Å². The Balaban J connectivity index is 1.36. The normalized spacial score (nSPS) is 11.0. The fourth-order valence-electron chi connectivity index (χ4n) is 2.87. The molecule has 1 N–H and O–H groups in total. The van der Waals surface area contributed by atoms with Crippen LogP contribution in [-0.4, -0.2) is 5.91 Å². The maximum absolute atomic E-state index is 12.2. The Morgan fingerprint density at radius 1 is 0.844 bits per heavy atom. The Morgan fingerprint density at radius 3 is 2.25 bits per heavy atom. The van der Waals surface area contributed by atoms with Crippen molar-refractivity contribution in [2.75, 3.05) is 5.32 Å². The molecule has 7 heteroatoms. The second-order valence-corrected chi connectivity index (χ2v) is 7.93. The van der Waals surface area contributed by atoms with Crippen LogP contribution in [0.15, 0.2) is 89.4 Å². The molecule has 160 valence electrons. The molecule has 4 nitrogen and oxygen atoms in total. The van der Waals surface area contributed by atoms with Crippen LogP contribution in [0.3, 0.4) is 0 Å². The summed E-state index contributed by atoms with van der Waals surface area (Å²) in [6, 6.07) is 22.9. The molecule has 32 heavy (non-hydrogen) atoms. The van der Waals surface area contributed by atoms with E-state index in [0.29, 0.717) is 49.3 Å². The van der Waals surface area contributed by atoms with Crippen molar-refractivity contribution < 1.29 is 13.9 Å². The van der Waals surface area contributed by atoms with Gasteiger partial charge in [-0.25, -0.2) is 0 Å².